The molecule has 1 aromatic heterocycles. The number of carbonyl (C=O) groups excluding carboxylic acids is 1. The number of hydrogen-bond donors (Lipinski definition) is 3. The molecule has 0 unspecified atom stereocenters. The number of pyridine rings is 1. The molecule has 2 aromatic rings. The van der Waals surface area contributed by atoms with E-state index in [4.69, 9.17) is 4.74 Å². The largest absolute Gasteiger partial charge is 0.486 e. The fraction of sp³-hybridized carbons (Fsp3) is 0.556. The fourth-order valence-electron chi connectivity index (χ4n) is 4.45. The summed E-state index contributed by atoms with van der Waals surface area (Å²) in [4.78, 5) is 16.4. The zero-order valence-electron chi connectivity index (χ0n) is 21.1. The van der Waals surface area contributed by atoms with Crippen molar-refractivity contribution in [1.82, 2.24) is 15.6 Å². The summed E-state index contributed by atoms with van der Waals surface area (Å²) in [6.45, 7) is 12.3. The Morgan fingerprint density at radius 3 is 2.59 bits per heavy atom. The Bertz CT molecular complexity index is 986. The molecule has 0 radical (unpaired) electrons. The summed E-state index contributed by atoms with van der Waals surface area (Å²) < 4.78 is 19.5. The molecule has 2 heterocycles. The van der Waals surface area contributed by atoms with Gasteiger partial charge in [-0.15, -0.1) is 0 Å². The highest BCUT2D eigenvalue weighted by Gasteiger charge is 2.35. The first-order chi connectivity index (χ1) is 15.8. The Labute approximate surface area is 202 Å². The first-order valence-corrected chi connectivity index (χ1v) is 11.9. The van der Waals surface area contributed by atoms with E-state index in [1.165, 1.54) is 19.1 Å². The number of benzene rings is 1. The summed E-state index contributed by atoms with van der Waals surface area (Å²) >= 11 is 0. The summed E-state index contributed by atoms with van der Waals surface area (Å²) in [5.41, 5.74) is 2.62. The topological polar surface area (TPSA) is 83.5 Å². The van der Waals surface area contributed by atoms with Gasteiger partial charge in [0.2, 0.25) is 5.91 Å². The van der Waals surface area contributed by atoms with Gasteiger partial charge in [-0.1, -0.05) is 32.9 Å². The van der Waals surface area contributed by atoms with Crippen LogP contribution in [0.25, 0.3) is 0 Å². The smallest absolute Gasteiger partial charge is 0.217 e. The highest BCUT2D eigenvalue weighted by atomic mass is 19.1. The molecule has 1 aliphatic heterocycles. The Kier molecular flexibility index (Phi) is 7.98. The van der Waals surface area contributed by atoms with Crippen molar-refractivity contribution in [2.75, 3.05) is 6.54 Å². The maximum atomic E-state index is 13.3. The molecule has 0 saturated carbocycles. The lowest BCUT2D eigenvalue weighted by atomic mass is 9.87. The number of nitrogens with zero attached hydrogens (tertiary/aromatic N) is 1. The second kappa shape index (κ2) is 10.4. The number of halogens is 1. The van der Waals surface area contributed by atoms with Gasteiger partial charge in [-0.3, -0.25) is 9.78 Å². The minimum atomic E-state index is -0.834. The minimum Gasteiger partial charge on any atom is -0.486 e. The van der Waals surface area contributed by atoms with Crippen molar-refractivity contribution in [2.45, 2.75) is 84.6 Å². The third kappa shape index (κ3) is 7.50. The van der Waals surface area contributed by atoms with Crippen LogP contribution in [-0.2, 0) is 17.6 Å². The van der Waals surface area contributed by atoms with Crippen molar-refractivity contribution in [1.29, 1.82) is 0 Å². The number of hydrogen-bond acceptors (Lipinski definition) is 5. The van der Waals surface area contributed by atoms with Crippen molar-refractivity contribution in [3.63, 3.8) is 0 Å². The Balaban J connectivity index is 1.75. The summed E-state index contributed by atoms with van der Waals surface area (Å²) in [5.74, 6) is 0.218. The monoisotopic (exact) mass is 471 g/mol. The highest BCUT2D eigenvalue weighted by Crippen LogP contribution is 2.39. The lowest BCUT2D eigenvalue weighted by Gasteiger charge is -2.38. The molecule has 3 rings (SSSR count). The van der Waals surface area contributed by atoms with E-state index in [0.717, 1.165) is 35.4 Å². The van der Waals surface area contributed by atoms with E-state index in [9.17, 15) is 14.3 Å². The minimum absolute atomic E-state index is 0.0288. The SMILES string of the molecule is CC(=O)N[C@@H](Cc1ccc(F)cc1)[C@H](O)CN[C@H]1CC(C)(C)Oc2cnc(CC(C)(C)C)cc21. The molecule has 0 bridgehead atoms. The predicted molar refractivity (Wildman–Crippen MR) is 131 cm³/mol. The normalized spacial score (nSPS) is 19.0. The standard InChI is InChI=1S/C27H38FN3O3/c1-17(32)31-22(11-18-7-9-19(28)10-8-18)24(33)15-30-23-14-27(5,6)34-25-16-29-20(12-21(23)25)13-26(2,3)4/h7-10,12,16,22-24,30,33H,11,13-15H2,1-6H3,(H,31,32)/t22-,23-,24+/m0/s1. The summed E-state index contributed by atoms with van der Waals surface area (Å²) in [6, 6.07) is 7.68. The van der Waals surface area contributed by atoms with E-state index >= 15 is 0 Å². The van der Waals surface area contributed by atoms with Gasteiger partial charge in [0.05, 0.1) is 18.3 Å². The second-order valence-electron chi connectivity index (χ2n) is 11.2. The van der Waals surface area contributed by atoms with Crippen molar-refractivity contribution in [3.8, 4) is 5.75 Å². The molecule has 7 heteroatoms. The van der Waals surface area contributed by atoms with Crippen LogP contribution in [0.4, 0.5) is 4.39 Å². The number of fused-ring (bicyclic) bond motifs is 1. The molecule has 3 N–H and O–H groups in total. The number of aliphatic hydroxyl groups is 1. The van der Waals surface area contributed by atoms with Gasteiger partial charge < -0.3 is 20.5 Å². The van der Waals surface area contributed by atoms with Gasteiger partial charge in [0.1, 0.15) is 17.2 Å². The fourth-order valence-corrected chi connectivity index (χ4v) is 4.45. The van der Waals surface area contributed by atoms with Crippen molar-refractivity contribution < 1.29 is 19.0 Å². The molecule has 0 aliphatic carbocycles. The first-order valence-electron chi connectivity index (χ1n) is 11.9. The average molecular weight is 472 g/mol. The van der Waals surface area contributed by atoms with Gasteiger partial charge in [0.25, 0.3) is 0 Å². The maximum absolute atomic E-state index is 13.3. The number of aromatic nitrogens is 1. The van der Waals surface area contributed by atoms with Crippen LogP contribution in [-0.4, -0.2) is 40.3 Å². The Morgan fingerprint density at radius 1 is 1.29 bits per heavy atom. The van der Waals surface area contributed by atoms with Crippen LogP contribution in [0.1, 0.15) is 70.8 Å². The van der Waals surface area contributed by atoms with Gasteiger partial charge in [0.15, 0.2) is 0 Å². The van der Waals surface area contributed by atoms with Crippen LogP contribution < -0.4 is 15.4 Å². The van der Waals surface area contributed by atoms with Crippen molar-refractivity contribution in [2.24, 2.45) is 5.41 Å². The van der Waals surface area contributed by atoms with Crippen LogP contribution in [0.15, 0.2) is 36.5 Å². The molecular formula is C27H38FN3O3. The van der Waals surface area contributed by atoms with Gasteiger partial charge >= 0.3 is 0 Å². The third-order valence-electron chi connectivity index (χ3n) is 5.92. The highest BCUT2D eigenvalue weighted by molar-refractivity contribution is 5.73. The van der Waals surface area contributed by atoms with Crippen LogP contribution in [0.3, 0.4) is 0 Å². The van der Waals surface area contributed by atoms with Crippen LogP contribution >= 0.6 is 0 Å². The van der Waals surface area contributed by atoms with E-state index < -0.39 is 12.1 Å². The molecule has 1 aliphatic rings. The van der Waals surface area contributed by atoms with E-state index in [0.29, 0.717) is 6.42 Å². The van der Waals surface area contributed by atoms with Gasteiger partial charge in [-0.05, 0) is 55.9 Å². The molecule has 3 atom stereocenters. The molecule has 1 amide bonds. The van der Waals surface area contributed by atoms with E-state index in [1.54, 1.807) is 18.3 Å². The number of rotatable bonds is 8. The molecule has 0 spiro atoms. The Morgan fingerprint density at radius 2 is 1.97 bits per heavy atom. The maximum Gasteiger partial charge on any atom is 0.217 e. The third-order valence-corrected chi connectivity index (χ3v) is 5.92. The zero-order valence-corrected chi connectivity index (χ0v) is 21.1. The van der Waals surface area contributed by atoms with Crippen molar-refractivity contribution in [3.05, 3.63) is 59.2 Å². The molecule has 1 aromatic carbocycles. The number of ether oxygens (including phenoxy) is 1. The van der Waals surface area contributed by atoms with Crippen LogP contribution in [0, 0.1) is 11.2 Å². The Hall–Kier alpha value is -2.51. The average Bonchev–Trinajstić information content (AvgIpc) is 2.71. The number of aliphatic hydroxyl groups excluding tert-OH is 1. The van der Waals surface area contributed by atoms with E-state index in [-0.39, 0.29) is 35.3 Å². The summed E-state index contributed by atoms with van der Waals surface area (Å²) in [7, 11) is 0. The lowest BCUT2D eigenvalue weighted by molar-refractivity contribution is -0.120. The predicted octanol–water partition coefficient (Wildman–Crippen LogP) is 4.11. The van der Waals surface area contributed by atoms with Crippen molar-refractivity contribution >= 4 is 5.91 Å². The zero-order chi connectivity index (χ0) is 25.1. The number of carbonyl (C=O) groups is 1. The van der Waals surface area contributed by atoms with Gasteiger partial charge in [-0.25, -0.2) is 4.39 Å². The first kappa shape index (κ1) is 26.1. The number of amides is 1. The second-order valence-corrected chi connectivity index (χ2v) is 11.2. The quantitative estimate of drug-likeness (QED) is 0.540. The van der Waals surface area contributed by atoms with E-state index in [1.807, 2.05) is 13.8 Å². The molecule has 0 saturated heterocycles. The van der Waals surface area contributed by atoms with Crippen LogP contribution in [0.2, 0.25) is 0 Å². The van der Waals surface area contributed by atoms with Gasteiger partial charge in [0, 0.05) is 37.2 Å². The van der Waals surface area contributed by atoms with Gasteiger partial charge in [-0.2, -0.15) is 0 Å². The van der Waals surface area contributed by atoms with Crippen LogP contribution in [0.5, 0.6) is 5.75 Å². The molecular weight excluding hydrogens is 433 g/mol. The molecule has 6 nitrogen and oxygen atoms in total. The molecule has 0 fully saturated rings. The number of nitrogens with one attached hydrogen (secondary N) is 2. The molecule has 186 valence electrons. The summed E-state index contributed by atoms with van der Waals surface area (Å²) in [5, 5.41) is 17.3. The molecule has 34 heavy (non-hydrogen) atoms. The van der Waals surface area contributed by atoms with E-state index in [2.05, 4.69) is 42.5 Å². The lowest BCUT2D eigenvalue weighted by Crippen LogP contribution is -2.49. The summed E-state index contributed by atoms with van der Waals surface area (Å²) in [6.07, 6.45) is 2.95.